The molecule has 0 radical (unpaired) electrons. The summed E-state index contributed by atoms with van der Waals surface area (Å²) in [5.74, 6) is -4.84. The lowest BCUT2D eigenvalue weighted by Gasteiger charge is -2.29. The summed E-state index contributed by atoms with van der Waals surface area (Å²) in [6, 6.07) is 7.99. The van der Waals surface area contributed by atoms with Crippen LogP contribution in [-0.4, -0.2) is 86.4 Å². The predicted molar refractivity (Wildman–Crippen MR) is 206 cm³/mol. The number of likely N-dealkylation sites (N-methyl/N-ethyl adjacent to an activating group) is 1. The van der Waals surface area contributed by atoms with Crippen molar-refractivity contribution in [1.82, 2.24) is 29.3 Å². The maximum atomic E-state index is 15.4. The topological polar surface area (TPSA) is 215 Å². The first kappa shape index (κ1) is 41.1. The zero-order valence-electron chi connectivity index (χ0n) is 31.9. The average Bonchev–Trinajstić information content (AvgIpc) is 3.33. The molecular weight excluding hydrogens is 783 g/mol. The summed E-state index contributed by atoms with van der Waals surface area (Å²) < 4.78 is 66.5. The van der Waals surface area contributed by atoms with Gasteiger partial charge in [-0.15, -0.1) is 0 Å². The van der Waals surface area contributed by atoms with Crippen LogP contribution in [0.5, 0.6) is 0 Å². The second kappa shape index (κ2) is 15.4. The number of carbonyl (C=O) groups excluding carboxylic acids is 3. The molecule has 304 valence electrons. The molecule has 5 aromatic rings. The van der Waals surface area contributed by atoms with E-state index in [-0.39, 0.29) is 28.2 Å². The SMILES string of the molecule is CC(C)OC(=O)[C@H](Cc1ccc(-n2c(=O)c3ccncc3n(C)c2=O)nc1)NC(=O)c1cc(F)c(NS(=O)(=O)c2ccc(N3C(=O)N(C)C(C)(C)C3O)cc2)cc1F. The molecule has 1 aliphatic rings. The monoisotopic (exact) mass is 820 g/mol. The molecule has 1 unspecified atom stereocenters. The smallest absolute Gasteiger partial charge is 0.337 e. The highest BCUT2D eigenvalue weighted by molar-refractivity contribution is 7.92. The van der Waals surface area contributed by atoms with Crippen LogP contribution in [0.1, 0.15) is 43.6 Å². The summed E-state index contributed by atoms with van der Waals surface area (Å²) in [7, 11) is -1.56. The molecule has 1 fully saturated rings. The van der Waals surface area contributed by atoms with Crippen LogP contribution in [0.3, 0.4) is 0 Å². The van der Waals surface area contributed by atoms with Gasteiger partial charge >= 0.3 is 17.7 Å². The van der Waals surface area contributed by atoms with Gasteiger partial charge in [-0.05, 0) is 75.7 Å². The van der Waals surface area contributed by atoms with Crippen molar-refractivity contribution >= 4 is 50.2 Å². The minimum Gasteiger partial charge on any atom is -0.461 e. The number of halogens is 2. The minimum atomic E-state index is -4.54. The number of urea groups is 1. The Morgan fingerprint density at radius 2 is 1.67 bits per heavy atom. The molecule has 2 aromatic carbocycles. The number of rotatable bonds is 11. The van der Waals surface area contributed by atoms with E-state index in [1.807, 2.05) is 4.72 Å². The lowest BCUT2D eigenvalue weighted by molar-refractivity contribution is -0.149. The number of sulfonamides is 1. The molecule has 2 atom stereocenters. The van der Waals surface area contributed by atoms with Crippen molar-refractivity contribution in [3.8, 4) is 5.82 Å². The predicted octanol–water partition coefficient (Wildman–Crippen LogP) is 2.82. The fourth-order valence-electron chi connectivity index (χ4n) is 6.19. The van der Waals surface area contributed by atoms with Gasteiger partial charge in [-0.2, -0.15) is 0 Å². The standard InChI is InChI=1S/C38H38F2N8O9S/c1-20(2)57-34(51)29(15-21-7-12-31(42-18-21)48-33(50)24-13-14-41-19-30(24)45(5)36(48)53)43-32(49)25-16-27(40)28(17-26(25)39)44-58(55,56)23-10-8-22(9-11-23)47-35(52)38(3,4)46(6)37(47)54/h7-14,16-20,29,35,44,52H,15H2,1-6H3,(H,43,49)/t29-,35?/m0/s1. The number of pyridine rings is 2. The fourth-order valence-corrected chi connectivity index (χ4v) is 7.25. The van der Waals surface area contributed by atoms with Gasteiger partial charge in [0, 0.05) is 44.7 Å². The highest BCUT2D eigenvalue weighted by atomic mass is 32.2. The Balaban J connectivity index is 1.19. The van der Waals surface area contributed by atoms with E-state index in [9.17, 15) is 37.5 Å². The van der Waals surface area contributed by atoms with Crippen molar-refractivity contribution in [3.63, 3.8) is 0 Å². The van der Waals surface area contributed by atoms with Gasteiger partial charge in [0.25, 0.3) is 21.5 Å². The molecule has 3 amide bonds. The van der Waals surface area contributed by atoms with Crippen molar-refractivity contribution in [2.45, 2.75) is 62.9 Å². The first-order valence-electron chi connectivity index (χ1n) is 17.6. The van der Waals surface area contributed by atoms with E-state index >= 15 is 8.78 Å². The summed E-state index contributed by atoms with van der Waals surface area (Å²) in [5, 5.41) is 13.3. The Hall–Kier alpha value is -6.54. The molecule has 17 nitrogen and oxygen atoms in total. The number of nitrogens with zero attached hydrogens (tertiary/aromatic N) is 6. The van der Waals surface area contributed by atoms with Gasteiger partial charge in [-0.25, -0.2) is 41.1 Å². The number of anilines is 2. The minimum absolute atomic E-state index is 0.0285. The molecule has 3 aromatic heterocycles. The zero-order valence-corrected chi connectivity index (χ0v) is 32.7. The normalized spacial score (nSPS) is 15.8. The lowest BCUT2D eigenvalue weighted by atomic mass is 10.0. The second-order valence-electron chi connectivity index (χ2n) is 14.3. The maximum absolute atomic E-state index is 15.4. The number of aromatic nitrogens is 4. The first-order chi connectivity index (χ1) is 27.2. The van der Waals surface area contributed by atoms with E-state index in [0.29, 0.717) is 23.2 Å². The molecule has 3 N–H and O–H groups in total. The van der Waals surface area contributed by atoms with Gasteiger partial charge in [0.15, 0.2) is 6.23 Å². The maximum Gasteiger partial charge on any atom is 0.337 e. The van der Waals surface area contributed by atoms with E-state index in [1.165, 1.54) is 72.5 Å². The lowest BCUT2D eigenvalue weighted by Crippen LogP contribution is -2.45. The third-order valence-electron chi connectivity index (χ3n) is 9.70. The number of aliphatic hydroxyl groups is 1. The largest absolute Gasteiger partial charge is 0.461 e. The average molecular weight is 821 g/mol. The molecule has 0 bridgehead atoms. The third kappa shape index (κ3) is 7.62. The summed E-state index contributed by atoms with van der Waals surface area (Å²) in [6.07, 6.45) is 1.93. The van der Waals surface area contributed by atoms with Crippen molar-refractivity contribution in [2.24, 2.45) is 7.05 Å². The van der Waals surface area contributed by atoms with Crippen LogP contribution in [0.15, 0.2) is 87.7 Å². The quantitative estimate of drug-likeness (QED) is 0.165. The number of hydrogen-bond acceptors (Lipinski definition) is 11. The number of hydrogen-bond donors (Lipinski definition) is 3. The summed E-state index contributed by atoms with van der Waals surface area (Å²) >= 11 is 0. The Morgan fingerprint density at radius 1 is 0.983 bits per heavy atom. The number of benzene rings is 2. The van der Waals surface area contributed by atoms with Crippen LogP contribution < -0.4 is 26.2 Å². The molecule has 6 rings (SSSR count). The van der Waals surface area contributed by atoms with Crippen LogP contribution in [0, 0.1) is 11.6 Å². The second-order valence-corrected chi connectivity index (χ2v) is 15.9. The van der Waals surface area contributed by atoms with E-state index in [1.54, 1.807) is 27.7 Å². The van der Waals surface area contributed by atoms with Crippen molar-refractivity contribution in [3.05, 3.63) is 117 Å². The third-order valence-corrected chi connectivity index (χ3v) is 11.1. The van der Waals surface area contributed by atoms with E-state index in [2.05, 4.69) is 15.3 Å². The summed E-state index contributed by atoms with van der Waals surface area (Å²) in [6.45, 7) is 6.43. The number of amides is 3. The highest BCUT2D eigenvalue weighted by Gasteiger charge is 2.49. The van der Waals surface area contributed by atoms with Crippen LogP contribution >= 0.6 is 0 Å². The molecule has 58 heavy (non-hydrogen) atoms. The summed E-state index contributed by atoms with van der Waals surface area (Å²) in [4.78, 5) is 75.6. The molecular formula is C38H38F2N8O9S. The Labute approximate surface area is 329 Å². The van der Waals surface area contributed by atoms with Crippen LogP contribution in [0.2, 0.25) is 0 Å². The molecule has 1 aliphatic heterocycles. The first-order valence-corrected chi connectivity index (χ1v) is 19.1. The van der Waals surface area contributed by atoms with Gasteiger partial charge in [0.2, 0.25) is 0 Å². The highest BCUT2D eigenvalue weighted by Crippen LogP contribution is 2.34. The van der Waals surface area contributed by atoms with Gasteiger partial charge in [0.05, 0.1) is 44.9 Å². The van der Waals surface area contributed by atoms with E-state index in [4.69, 9.17) is 4.74 Å². The fraction of sp³-hybridized carbons (Fsp3) is 0.289. The van der Waals surface area contributed by atoms with Gasteiger partial charge in [-0.3, -0.25) is 28.8 Å². The molecule has 1 saturated heterocycles. The number of carbonyl (C=O) groups is 3. The number of nitrogens with one attached hydrogen (secondary N) is 2. The molecule has 0 spiro atoms. The van der Waals surface area contributed by atoms with Crippen LogP contribution in [0.4, 0.5) is 25.0 Å². The number of ether oxygens (including phenoxy) is 1. The molecule has 4 heterocycles. The Morgan fingerprint density at radius 3 is 2.28 bits per heavy atom. The number of aliphatic hydroxyl groups excluding tert-OH is 1. The van der Waals surface area contributed by atoms with Crippen molar-refractivity contribution in [1.29, 1.82) is 0 Å². The zero-order chi connectivity index (χ0) is 42.4. The Kier molecular flexibility index (Phi) is 10.9. The molecule has 0 saturated carbocycles. The van der Waals surface area contributed by atoms with Crippen molar-refractivity contribution in [2.75, 3.05) is 16.7 Å². The molecule has 0 aliphatic carbocycles. The Bertz CT molecular complexity index is 2690. The van der Waals surface area contributed by atoms with Gasteiger partial charge < -0.3 is 20.1 Å². The number of aryl methyl sites for hydroxylation is 1. The van der Waals surface area contributed by atoms with E-state index in [0.717, 1.165) is 21.6 Å². The van der Waals surface area contributed by atoms with Crippen molar-refractivity contribution < 1.29 is 41.4 Å². The van der Waals surface area contributed by atoms with E-state index < -0.39 is 86.0 Å². The van der Waals surface area contributed by atoms with Crippen LogP contribution in [-0.2, 0) is 33.0 Å². The molecule has 20 heteroatoms. The number of esters is 1. The summed E-state index contributed by atoms with van der Waals surface area (Å²) in [5.41, 5.74) is -3.12. The van der Waals surface area contributed by atoms with Gasteiger partial charge in [-0.1, -0.05) is 6.07 Å². The van der Waals surface area contributed by atoms with Crippen LogP contribution in [0.25, 0.3) is 16.7 Å². The number of fused-ring (bicyclic) bond motifs is 1. The van der Waals surface area contributed by atoms with Gasteiger partial charge in [0.1, 0.15) is 23.5 Å².